The number of ether oxygens (including phenoxy) is 2. The quantitative estimate of drug-likeness (QED) is 0.443. The molecule has 0 aromatic rings. The summed E-state index contributed by atoms with van der Waals surface area (Å²) in [6.07, 6.45) is 0.972. The molecule has 0 aliphatic carbocycles. The molecule has 0 unspecified atom stereocenters. The van der Waals surface area contributed by atoms with E-state index in [2.05, 4.69) is 13.8 Å². The third kappa shape index (κ3) is 2.40. The summed E-state index contributed by atoms with van der Waals surface area (Å²) in [6, 6.07) is 1.23. The van der Waals surface area contributed by atoms with Gasteiger partial charge in [0, 0.05) is 14.2 Å². The van der Waals surface area contributed by atoms with Crippen molar-refractivity contribution in [1.29, 1.82) is 0 Å². The van der Waals surface area contributed by atoms with E-state index in [1.165, 1.54) is 6.04 Å². The molecule has 0 saturated carbocycles. The van der Waals surface area contributed by atoms with Crippen molar-refractivity contribution in [3.05, 3.63) is 0 Å². The average Bonchev–Trinajstić information content (AvgIpc) is 2.01. The SMILES string of the molecule is CC[SiH2]C(CC)(OC)OC. The van der Waals surface area contributed by atoms with E-state index in [0.29, 0.717) is 0 Å². The van der Waals surface area contributed by atoms with E-state index in [0.717, 1.165) is 6.42 Å². The molecule has 0 aliphatic heterocycles. The Morgan fingerprint density at radius 1 is 1.20 bits per heavy atom. The largest absolute Gasteiger partial charge is 0.358 e. The van der Waals surface area contributed by atoms with Crippen LogP contribution in [0.5, 0.6) is 0 Å². The first-order valence-corrected chi connectivity index (χ1v) is 5.55. The minimum Gasteiger partial charge on any atom is -0.358 e. The van der Waals surface area contributed by atoms with Gasteiger partial charge in [0.05, 0.1) is 9.52 Å². The van der Waals surface area contributed by atoms with Crippen LogP contribution in [0.25, 0.3) is 0 Å². The second kappa shape index (κ2) is 4.88. The van der Waals surface area contributed by atoms with Crippen LogP contribution in [0.4, 0.5) is 0 Å². The van der Waals surface area contributed by atoms with Gasteiger partial charge in [-0.15, -0.1) is 0 Å². The molecule has 2 nitrogen and oxygen atoms in total. The van der Waals surface area contributed by atoms with Gasteiger partial charge in [-0.05, 0) is 6.42 Å². The van der Waals surface area contributed by atoms with Crippen LogP contribution in [-0.4, -0.2) is 29.1 Å². The fourth-order valence-corrected chi connectivity index (χ4v) is 2.66. The summed E-state index contributed by atoms with van der Waals surface area (Å²) in [7, 11) is 3.25. The molecule has 0 aliphatic rings. The Balaban J connectivity index is 3.87. The first-order valence-electron chi connectivity index (χ1n) is 3.85. The van der Waals surface area contributed by atoms with Gasteiger partial charge in [-0.25, -0.2) is 0 Å². The molecule has 3 heteroatoms. The molecule has 0 radical (unpaired) electrons. The van der Waals surface area contributed by atoms with Gasteiger partial charge in [-0.3, -0.25) is 0 Å². The Labute approximate surface area is 65.7 Å². The van der Waals surface area contributed by atoms with Crippen molar-refractivity contribution in [3.63, 3.8) is 0 Å². The van der Waals surface area contributed by atoms with Crippen LogP contribution in [0.2, 0.25) is 6.04 Å². The summed E-state index contributed by atoms with van der Waals surface area (Å²) < 4.78 is 10.6. The number of rotatable bonds is 5. The van der Waals surface area contributed by atoms with Gasteiger partial charge in [0.25, 0.3) is 0 Å². The van der Waals surface area contributed by atoms with E-state index in [4.69, 9.17) is 9.47 Å². The summed E-state index contributed by atoms with van der Waals surface area (Å²) in [5.41, 5.74) is -0.186. The highest BCUT2D eigenvalue weighted by atomic mass is 28.2. The fourth-order valence-electron chi connectivity index (χ4n) is 1.13. The Morgan fingerprint density at radius 3 is 1.80 bits per heavy atom. The predicted molar refractivity (Wildman–Crippen MR) is 46.1 cm³/mol. The number of methoxy groups -OCH3 is 2. The highest BCUT2D eigenvalue weighted by molar-refractivity contribution is 6.38. The van der Waals surface area contributed by atoms with Crippen LogP contribution in [-0.2, 0) is 9.47 Å². The number of hydrogen-bond donors (Lipinski definition) is 0. The molecule has 0 saturated heterocycles. The van der Waals surface area contributed by atoms with Crippen molar-refractivity contribution in [2.75, 3.05) is 14.2 Å². The molecule has 0 amide bonds. The van der Waals surface area contributed by atoms with E-state index in [-0.39, 0.29) is 14.9 Å². The first-order chi connectivity index (χ1) is 4.74. The minimum absolute atomic E-state index is 0.186. The smallest absolute Gasteiger partial charge is 0.143 e. The van der Waals surface area contributed by atoms with E-state index in [1.54, 1.807) is 14.2 Å². The van der Waals surface area contributed by atoms with Crippen LogP contribution >= 0.6 is 0 Å². The molecule has 0 bridgehead atoms. The molecule has 0 spiro atoms. The van der Waals surface area contributed by atoms with E-state index in [9.17, 15) is 0 Å². The molecule has 10 heavy (non-hydrogen) atoms. The van der Waals surface area contributed by atoms with Crippen molar-refractivity contribution >= 4 is 9.52 Å². The molecule has 0 N–H and O–H groups in total. The second-order valence-electron chi connectivity index (χ2n) is 2.42. The number of hydrogen-bond acceptors (Lipinski definition) is 2. The molecular weight excluding hydrogens is 144 g/mol. The van der Waals surface area contributed by atoms with Gasteiger partial charge in [0.2, 0.25) is 0 Å². The lowest BCUT2D eigenvalue weighted by Gasteiger charge is -2.29. The average molecular weight is 162 g/mol. The summed E-state index contributed by atoms with van der Waals surface area (Å²) in [4.78, 5) is 0. The molecule has 62 valence electrons. The van der Waals surface area contributed by atoms with Crippen LogP contribution in [0.15, 0.2) is 0 Å². The van der Waals surface area contributed by atoms with Gasteiger partial charge >= 0.3 is 0 Å². The predicted octanol–water partition coefficient (Wildman–Crippen LogP) is 0.950. The summed E-state index contributed by atoms with van der Waals surface area (Å²) in [6.45, 7) is 4.30. The third-order valence-corrected chi connectivity index (χ3v) is 4.25. The van der Waals surface area contributed by atoms with E-state index >= 15 is 0 Å². The third-order valence-electron chi connectivity index (χ3n) is 1.91. The maximum absolute atomic E-state index is 5.32. The van der Waals surface area contributed by atoms with Crippen molar-refractivity contribution in [2.45, 2.75) is 31.7 Å². The van der Waals surface area contributed by atoms with Gasteiger partial charge in [0.15, 0.2) is 0 Å². The molecule has 0 rings (SSSR count). The normalized spacial score (nSPS) is 13.2. The second-order valence-corrected chi connectivity index (χ2v) is 5.00. The molecule has 0 fully saturated rings. The Bertz CT molecular complexity index is 73.4. The highest BCUT2D eigenvalue weighted by Crippen LogP contribution is 2.14. The molecular formula is C7H18O2Si. The van der Waals surface area contributed by atoms with E-state index < -0.39 is 0 Å². The monoisotopic (exact) mass is 162 g/mol. The van der Waals surface area contributed by atoms with Gasteiger partial charge in [-0.1, -0.05) is 19.9 Å². The Hall–Kier alpha value is 0.137. The van der Waals surface area contributed by atoms with E-state index in [1.807, 2.05) is 0 Å². The van der Waals surface area contributed by atoms with Gasteiger partial charge in [0.1, 0.15) is 5.41 Å². The standard InChI is InChI=1S/C7H18O2Si/c1-5-7(8-3,9-4)10-6-2/h5-6,10H2,1-4H3. The lowest BCUT2D eigenvalue weighted by Crippen LogP contribution is -2.39. The molecule has 0 heterocycles. The maximum Gasteiger partial charge on any atom is 0.143 e. The Morgan fingerprint density at radius 2 is 1.70 bits per heavy atom. The van der Waals surface area contributed by atoms with Gasteiger partial charge in [-0.2, -0.15) is 0 Å². The zero-order valence-electron chi connectivity index (χ0n) is 7.44. The maximum atomic E-state index is 5.32. The van der Waals surface area contributed by atoms with Crippen molar-refractivity contribution < 1.29 is 9.47 Å². The highest BCUT2D eigenvalue weighted by Gasteiger charge is 2.25. The summed E-state index contributed by atoms with van der Waals surface area (Å²) in [5.74, 6) is 0. The first kappa shape index (κ1) is 10.1. The van der Waals surface area contributed by atoms with Crippen LogP contribution in [0.3, 0.4) is 0 Å². The van der Waals surface area contributed by atoms with Crippen molar-refractivity contribution in [1.82, 2.24) is 0 Å². The molecule has 0 atom stereocenters. The van der Waals surface area contributed by atoms with Gasteiger partial charge < -0.3 is 9.47 Å². The lowest BCUT2D eigenvalue weighted by molar-refractivity contribution is -0.146. The van der Waals surface area contributed by atoms with Crippen molar-refractivity contribution in [3.8, 4) is 0 Å². The van der Waals surface area contributed by atoms with Crippen LogP contribution < -0.4 is 0 Å². The topological polar surface area (TPSA) is 18.5 Å². The van der Waals surface area contributed by atoms with Crippen molar-refractivity contribution in [2.24, 2.45) is 0 Å². The zero-order chi connectivity index (χ0) is 8.04. The molecule has 0 aromatic heterocycles. The summed E-state index contributed by atoms with van der Waals surface area (Å²) >= 11 is 0. The summed E-state index contributed by atoms with van der Waals surface area (Å²) in [5, 5.41) is 0. The molecule has 0 aromatic carbocycles. The lowest BCUT2D eigenvalue weighted by atomic mass is 10.5. The van der Waals surface area contributed by atoms with Crippen LogP contribution in [0.1, 0.15) is 20.3 Å². The zero-order valence-corrected chi connectivity index (χ0v) is 8.85. The Kier molecular flexibility index (Phi) is 4.94. The minimum atomic E-state index is -0.216. The fraction of sp³-hybridized carbons (Fsp3) is 1.00. The van der Waals surface area contributed by atoms with Crippen LogP contribution in [0, 0.1) is 0 Å².